The molecule has 0 aliphatic heterocycles. The molecule has 148 valence electrons. The SMILES string of the molecule is COc1ccc(-c2cnoc2-c2cc(C)c(C)c(OC)c2)cc1OP(=O)(O)O. The van der Waals surface area contributed by atoms with Gasteiger partial charge in [-0.1, -0.05) is 11.2 Å². The molecule has 2 N–H and O–H groups in total. The van der Waals surface area contributed by atoms with E-state index in [2.05, 4.69) is 5.16 Å². The summed E-state index contributed by atoms with van der Waals surface area (Å²) in [7, 11) is -1.77. The normalized spacial score (nSPS) is 11.4. The highest BCUT2D eigenvalue weighted by Gasteiger charge is 2.22. The highest BCUT2D eigenvalue weighted by Crippen LogP contribution is 2.44. The van der Waals surface area contributed by atoms with Crippen molar-refractivity contribution >= 4 is 7.82 Å². The summed E-state index contributed by atoms with van der Waals surface area (Å²) in [6, 6.07) is 8.55. The second-order valence-corrected chi connectivity index (χ2v) is 7.30. The van der Waals surface area contributed by atoms with Gasteiger partial charge in [0.15, 0.2) is 17.3 Å². The van der Waals surface area contributed by atoms with Gasteiger partial charge in [-0.15, -0.1) is 0 Å². The molecule has 0 fully saturated rings. The van der Waals surface area contributed by atoms with E-state index in [1.54, 1.807) is 19.2 Å². The first-order valence-corrected chi connectivity index (χ1v) is 9.80. The van der Waals surface area contributed by atoms with Gasteiger partial charge < -0.3 is 18.5 Å². The largest absolute Gasteiger partial charge is 0.524 e. The minimum atomic E-state index is -4.75. The summed E-state index contributed by atoms with van der Waals surface area (Å²) in [5.74, 6) is 1.32. The Morgan fingerprint density at radius 2 is 1.64 bits per heavy atom. The van der Waals surface area contributed by atoms with E-state index in [0.717, 1.165) is 22.4 Å². The Hall–Kier alpha value is -2.80. The topological polar surface area (TPSA) is 111 Å². The highest BCUT2D eigenvalue weighted by atomic mass is 31.2. The molecule has 3 aromatic rings. The molecule has 0 radical (unpaired) electrons. The predicted octanol–water partition coefficient (Wildman–Crippen LogP) is 4.11. The number of rotatable bonds is 6. The van der Waals surface area contributed by atoms with E-state index >= 15 is 0 Å². The van der Waals surface area contributed by atoms with Gasteiger partial charge in [0, 0.05) is 11.1 Å². The fraction of sp³-hybridized carbons (Fsp3) is 0.211. The molecule has 0 atom stereocenters. The Balaban J connectivity index is 2.11. The lowest BCUT2D eigenvalue weighted by Gasteiger charge is -2.13. The zero-order valence-electron chi connectivity index (χ0n) is 15.8. The maximum Gasteiger partial charge on any atom is 0.524 e. The number of methoxy groups -OCH3 is 2. The molecule has 0 aliphatic rings. The van der Waals surface area contributed by atoms with Crippen LogP contribution >= 0.6 is 7.82 Å². The first kappa shape index (κ1) is 19.9. The molecule has 2 aromatic carbocycles. The minimum absolute atomic E-state index is 0.0850. The Morgan fingerprint density at radius 1 is 0.964 bits per heavy atom. The molecular formula is C19H20NO7P. The lowest BCUT2D eigenvalue weighted by molar-refractivity contribution is 0.276. The van der Waals surface area contributed by atoms with Crippen molar-refractivity contribution in [2.75, 3.05) is 14.2 Å². The van der Waals surface area contributed by atoms with Crippen LogP contribution in [-0.2, 0) is 4.57 Å². The molecule has 0 spiro atoms. The number of aryl methyl sites for hydroxylation is 1. The van der Waals surface area contributed by atoms with E-state index in [0.29, 0.717) is 16.9 Å². The van der Waals surface area contributed by atoms with Gasteiger partial charge in [-0.25, -0.2) is 4.57 Å². The molecule has 0 saturated heterocycles. The lowest BCUT2D eigenvalue weighted by Crippen LogP contribution is -1.95. The average molecular weight is 405 g/mol. The number of nitrogens with zero attached hydrogens (tertiary/aromatic N) is 1. The molecule has 1 heterocycles. The van der Waals surface area contributed by atoms with Gasteiger partial charge in [-0.05, 0) is 54.8 Å². The van der Waals surface area contributed by atoms with E-state index < -0.39 is 7.82 Å². The minimum Gasteiger partial charge on any atom is -0.496 e. The maximum absolute atomic E-state index is 11.3. The molecule has 3 rings (SSSR count). The van der Waals surface area contributed by atoms with E-state index in [-0.39, 0.29) is 11.5 Å². The number of hydrogen-bond donors (Lipinski definition) is 2. The van der Waals surface area contributed by atoms with Crippen LogP contribution in [0.2, 0.25) is 0 Å². The predicted molar refractivity (Wildman–Crippen MR) is 103 cm³/mol. The first-order valence-electron chi connectivity index (χ1n) is 8.27. The van der Waals surface area contributed by atoms with Gasteiger partial charge in [0.2, 0.25) is 0 Å². The zero-order chi connectivity index (χ0) is 20.5. The summed E-state index contributed by atoms with van der Waals surface area (Å²) < 4.78 is 32.0. The van der Waals surface area contributed by atoms with E-state index in [9.17, 15) is 4.57 Å². The fourth-order valence-corrected chi connectivity index (χ4v) is 3.27. The highest BCUT2D eigenvalue weighted by molar-refractivity contribution is 7.46. The van der Waals surface area contributed by atoms with Crippen LogP contribution < -0.4 is 14.0 Å². The smallest absolute Gasteiger partial charge is 0.496 e. The number of benzene rings is 2. The van der Waals surface area contributed by atoms with Gasteiger partial charge in [0.05, 0.1) is 20.4 Å². The second-order valence-electron chi connectivity index (χ2n) is 6.14. The Kier molecular flexibility index (Phi) is 5.47. The third-order valence-corrected chi connectivity index (χ3v) is 4.80. The summed E-state index contributed by atoms with van der Waals surface area (Å²) in [5.41, 5.74) is 4.04. The molecule has 1 aromatic heterocycles. The van der Waals surface area contributed by atoms with Crippen molar-refractivity contribution < 1.29 is 32.9 Å². The van der Waals surface area contributed by atoms with Crippen molar-refractivity contribution in [3.8, 4) is 39.7 Å². The molecule has 0 bridgehead atoms. The Morgan fingerprint density at radius 3 is 2.29 bits per heavy atom. The van der Waals surface area contributed by atoms with Crippen LogP contribution in [0.15, 0.2) is 41.1 Å². The molecule has 0 unspecified atom stereocenters. The van der Waals surface area contributed by atoms with Gasteiger partial charge in [-0.3, -0.25) is 9.79 Å². The molecule has 0 amide bonds. The van der Waals surface area contributed by atoms with Crippen LogP contribution in [-0.4, -0.2) is 29.2 Å². The summed E-state index contributed by atoms with van der Waals surface area (Å²) in [6.07, 6.45) is 1.53. The summed E-state index contributed by atoms with van der Waals surface area (Å²) in [6.45, 7) is 3.94. The molecule has 0 aliphatic carbocycles. The molecule has 0 saturated carbocycles. The van der Waals surface area contributed by atoms with Crippen molar-refractivity contribution in [1.82, 2.24) is 5.16 Å². The first-order chi connectivity index (χ1) is 13.2. The van der Waals surface area contributed by atoms with Crippen molar-refractivity contribution in [2.24, 2.45) is 0 Å². The lowest BCUT2D eigenvalue weighted by atomic mass is 9.98. The van der Waals surface area contributed by atoms with E-state index in [4.69, 9.17) is 28.3 Å². The van der Waals surface area contributed by atoms with Crippen LogP contribution in [0.1, 0.15) is 11.1 Å². The standard InChI is InChI=1S/C19H20NO7P/c1-11-7-14(9-17(25-4)12(11)2)19-15(10-20-26-19)13-5-6-16(24-3)18(8-13)27-28(21,22)23/h5-10H,1-4H3,(H2,21,22,23). The van der Waals surface area contributed by atoms with E-state index in [1.165, 1.54) is 19.4 Å². The van der Waals surface area contributed by atoms with Gasteiger partial charge in [-0.2, -0.15) is 0 Å². The van der Waals surface area contributed by atoms with Gasteiger partial charge in [0.1, 0.15) is 5.75 Å². The fourth-order valence-electron chi connectivity index (χ4n) is 2.87. The average Bonchev–Trinajstić information content (AvgIpc) is 3.12. The van der Waals surface area contributed by atoms with Crippen molar-refractivity contribution in [3.05, 3.63) is 47.7 Å². The third kappa shape index (κ3) is 4.04. The van der Waals surface area contributed by atoms with Crippen molar-refractivity contribution in [3.63, 3.8) is 0 Å². The van der Waals surface area contributed by atoms with Gasteiger partial charge in [0.25, 0.3) is 0 Å². The molecule has 9 heteroatoms. The van der Waals surface area contributed by atoms with Crippen LogP contribution in [0.5, 0.6) is 17.2 Å². The summed E-state index contributed by atoms with van der Waals surface area (Å²) in [4.78, 5) is 18.3. The van der Waals surface area contributed by atoms with Crippen molar-refractivity contribution in [1.29, 1.82) is 0 Å². The number of phosphoric acid groups is 1. The quantitative estimate of drug-likeness (QED) is 0.590. The van der Waals surface area contributed by atoms with Crippen LogP contribution in [0.3, 0.4) is 0 Å². The zero-order valence-corrected chi connectivity index (χ0v) is 16.7. The molecule has 28 heavy (non-hydrogen) atoms. The Labute approximate surface area is 161 Å². The number of ether oxygens (including phenoxy) is 2. The maximum atomic E-state index is 11.3. The Bertz CT molecular complexity index is 1050. The van der Waals surface area contributed by atoms with Crippen LogP contribution in [0.4, 0.5) is 0 Å². The van der Waals surface area contributed by atoms with Gasteiger partial charge >= 0.3 is 7.82 Å². The van der Waals surface area contributed by atoms with E-state index in [1.807, 2.05) is 26.0 Å². The molecular weight excluding hydrogens is 385 g/mol. The summed E-state index contributed by atoms with van der Waals surface area (Å²) in [5, 5.41) is 3.89. The number of aromatic nitrogens is 1. The van der Waals surface area contributed by atoms with Crippen molar-refractivity contribution in [2.45, 2.75) is 13.8 Å². The molecule has 8 nitrogen and oxygen atoms in total. The third-order valence-electron chi connectivity index (χ3n) is 4.36. The monoisotopic (exact) mass is 405 g/mol. The number of hydrogen-bond acceptors (Lipinski definition) is 6. The number of phosphoric ester groups is 1. The van der Waals surface area contributed by atoms with Crippen LogP contribution in [0.25, 0.3) is 22.5 Å². The van der Waals surface area contributed by atoms with Crippen LogP contribution in [0, 0.1) is 13.8 Å². The summed E-state index contributed by atoms with van der Waals surface area (Å²) >= 11 is 0. The second kappa shape index (κ2) is 7.67.